The molecule has 2 aromatic rings. The molecular formula is C17H23N3O2S. The van der Waals surface area contributed by atoms with E-state index in [-0.39, 0.29) is 23.3 Å². The van der Waals surface area contributed by atoms with Crippen molar-refractivity contribution >= 4 is 28.7 Å². The monoisotopic (exact) mass is 333 g/mol. The van der Waals surface area contributed by atoms with E-state index in [1.165, 1.54) is 0 Å². The van der Waals surface area contributed by atoms with Crippen molar-refractivity contribution in [2.24, 2.45) is 0 Å². The predicted octanol–water partition coefficient (Wildman–Crippen LogP) is 2.78. The highest BCUT2D eigenvalue weighted by atomic mass is 32.2. The number of fused-ring (bicyclic) bond motifs is 1. The molecule has 1 aliphatic rings. The minimum absolute atomic E-state index is 0.0688. The van der Waals surface area contributed by atoms with Crippen LogP contribution in [0, 0.1) is 0 Å². The first-order valence-electron chi connectivity index (χ1n) is 8.15. The van der Waals surface area contributed by atoms with Crippen molar-refractivity contribution in [2.45, 2.75) is 50.0 Å². The SMILES string of the molecule is CC(SCC(=O)NC1CCC(O)CC1)c1nc2ccccc2[nH]1. The van der Waals surface area contributed by atoms with E-state index in [9.17, 15) is 9.90 Å². The summed E-state index contributed by atoms with van der Waals surface area (Å²) in [4.78, 5) is 20.0. The molecule has 0 saturated heterocycles. The standard InChI is InChI=1S/C17H23N3O2S/c1-11(17-19-14-4-2-3-5-15(14)20-17)23-10-16(22)18-12-6-8-13(21)9-7-12/h2-5,11-13,21H,6-10H2,1H3,(H,18,22)(H,19,20). The van der Waals surface area contributed by atoms with Crippen LogP contribution in [0.2, 0.25) is 0 Å². The molecule has 1 unspecified atom stereocenters. The highest BCUT2D eigenvalue weighted by Gasteiger charge is 2.21. The molecule has 1 aromatic carbocycles. The van der Waals surface area contributed by atoms with Crippen molar-refractivity contribution in [3.05, 3.63) is 30.1 Å². The molecule has 0 bridgehead atoms. The van der Waals surface area contributed by atoms with Crippen LogP contribution >= 0.6 is 11.8 Å². The Labute approximate surface area is 140 Å². The lowest BCUT2D eigenvalue weighted by molar-refractivity contribution is -0.119. The van der Waals surface area contributed by atoms with Gasteiger partial charge in [-0.3, -0.25) is 4.79 Å². The number of aromatic amines is 1. The van der Waals surface area contributed by atoms with Gasteiger partial charge in [0.1, 0.15) is 5.82 Å². The zero-order chi connectivity index (χ0) is 16.2. The Morgan fingerprint density at radius 1 is 1.39 bits per heavy atom. The third-order valence-electron chi connectivity index (χ3n) is 4.32. The molecule has 3 N–H and O–H groups in total. The fourth-order valence-corrected chi connectivity index (χ4v) is 3.69. The van der Waals surface area contributed by atoms with Crippen LogP contribution in [0.1, 0.15) is 43.7 Å². The number of para-hydroxylation sites is 2. The van der Waals surface area contributed by atoms with E-state index in [0.29, 0.717) is 5.75 Å². The lowest BCUT2D eigenvalue weighted by Gasteiger charge is -2.26. The van der Waals surface area contributed by atoms with Crippen LogP contribution in [0.4, 0.5) is 0 Å². The number of carbonyl (C=O) groups excluding carboxylic acids is 1. The average molecular weight is 333 g/mol. The molecule has 1 saturated carbocycles. The smallest absolute Gasteiger partial charge is 0.230 e. The van der Waals surface area contributed by atoms with Gasteiger partial charge in [0.2, 0.25) is 5.91 Å². The van der Waals surface area contributed by atoms with Gasteiger partial charge in [0, 0.05) is 6.04 Å². The van der Waals surface area contributed by atoms with Crippen molar-refractivity contribution in [2.75, 3.05) is 5.75 Å². The molecule has 1 aliphatic carbocycles. The van der Waals surface area contributed by atoms with Gasteiger partial charge in [-0.05, 0) is 44.7 Å². The molecule has 124 valence electrons. The van der Waals surface area contributed by atoms with E-state index in [4.69, 9.17) is 0 Å². The van der Waals surface area contributed by atoms with Crippen LogP contribution in [0.3, 0.4) is 0 Å². The van der Waals surface area contributed by atoms with E-state index in [1.54, 1.807) is 11.8 Å². The second kappa shape index (κ2) is 7.36. The van der Waals surface area contributed by atoms with Gasteiger partial charge in [-0.25, -0.2) is 4.98 Å². The number of aromatic nitrogens is 2. The number of carbonyl (C=O) groups is 1. The van der Waals surface area contributed by atoms with E-state index in [2.05, 4.69) is 22.2 Å². The number of amides is 1. The molecule has 1 fully saturated rings. The second-order valence-corrected chi connectivity index (χ2v) is 7.49. The van der Waals surface area contributed by atoms with Gasteiger partial charge in [0.15, 0.2) is 0 Å². The molecule has 1 aromatic heterocycles. The average Bonchev–Trinajstić information content (AvgIpc) is 2.99. The number of benzene rings is 1. The number of nitrogens with zero attached hydrogens (tertiary/aromatic N) is 1. The van der Waals surface area contributed by atoms with Crippen LogP contribution in [-0.2, 0) is 4.79 Å². The third-order valence-corrected chi connectivity index (χ3v) is 5.47. The van der Waals surface area contributed by atoms with Gasteiger partial charge in [-0.15, -0.1) is 11.8 Å². The van der Waals surface area contributed by atoms with Crippen LogP contribution < -0.4 is 5.32 Å². The minimum Gasteiger partial charge on any atom is -0.393 e. The van der Waals surface area contributed by atoms with E-state index in [1.807, 2.05) is 24.3 Å². The predicted molar refractivity (Wildman–Crippen MR) is 93.4 cm³/mol. The van der Waals surface area contributed by atoms with Crippen LogP contribution in [0.5, 0.6) is 0 Å². The summed E-state index contributed by atoms with van der Waals surface area (Å²) in [6.45, 7) is 2.06. The normalized spacial score (nSPS) is 22.9. The molecule has 5 nitrogen and oxygen atoms in total. The first kappa shape index (κ1) is 16.3. The number of aliphatic hydroxyl groups excluding tert-OH is 1. The summed E-state index contributed by atoms with van der Waals surface area (Å²) in [6, 6.07) is 8.16. The molecule has 0 radical (unpaired) electrons. The van der Waals surface area contributed by atoms with Crippen molar-refractivity contribution in [1.82, 2.24) is 15.3 Å². The van der Waals surface area contributed by atoms with E-state index < -0.39 is 0 Å². The molecule has 1 amide bonds. The van der Waals surface area contributed by atoms with Gasteiger partial charge < -0.3 is 15.4 Å². The van der Waals surface area contributed by atoms with Crippen molar-refractivity contribution in [3.63, 3.8) is 0 Å². The Morgan fingerprint density at radius 2 is 2.13 bits per heavy atom. The summed E-state index contributed by atoms with van der Waals surface area (Å²) in [5, 5.41) is 12.7. The lowest BCUT2D eigenvalue weighted by atomic mass is 9.93. The third kappa shape index (κ3) is 4.26. The molecule has 0 spiro atoms. The number of H-pyrrole nitrogens is 1. The zero-order valence-corrected chi connectivity index (χ0v) is 14.1. The zero-order valence-electron chi connectivity index (χ0n) is 13.3. The molecule has 1 heterocycles. The maximum absolute atomic E-state index is 12.1. The maximum Gasteiger partial charge on any atom is 0.230 e. The van der Waals surface area contributed by atoms with Crippen LogP contribution in [0.15, 0.2) is 24.3 Å². The van der Waals surface area contributed by atoms with Gasteiger partial charge >= 0.3 is 0 Å². The van der Waals surface area contributed by atoms with E-state index in [0.717, 1.165) is 42.5 Å². The van der Waals surface area contributed by atoms with Crippen molar-refractivity contribution in [3.8, 4) is 0 Å². The largest absolute Gasteiger partial charge is 0.393 e. The summed E-state index contributed by atoms with van der Waals surface area (Å²) in [6.07, 6.45) is 3.12. The summed E-state index contributed by atoms with van der Waals surface area (Å²) in [7, 11) is 0. The van der Waals surface area contributed by atoms with Crippen molar-refractivity contribution in [1.29, 1.82) is 0 Å². The number of nitrogens with one attached hydrogen (secondary N) is 2. The Kier molecular flexibility index (Phi) is 5.23. The highest BCUT2D eigenvalue weighted by molar-refractivity contribution is 8.00. The first-order chi connectivity index (χ1) is 11.1. The number of hydrogen-bond acceptors (Lipinski definition) is 4. The molecular weight excluding hydrogens is 310 g/mol. The van der Waals surface area contributed by atoms with Gasteiger partial charge in [-0.2, -0.15) is 0 Å². The minimum atomic E-state index is -0.189. The Balaban J connectivity index is 1.48. The Hall–Kier alpha value is -1.53. The maximum atomic E-state index is 12.1. The van der Waals surface area contributed by atoms with Gasteiger partial charge in [-0.1, -0.05) is 12.1 Å². The van der Waals surface area contributed by atoms with Crippen molar-refractivity contribution < 1.29 is 9.90 Å². The molecule has 0 aliphatic heterocycles. The van der Waals surface area contributed by atoms with E-state index >= 15 is 0 Å². The summed E-state index contributed by atoms with van der Waals surface area (Å²) >= 11 is 1.59. The fraction of sp³-hybridized carbons (Fsp3) is 0.529. The molecule has 3 rings (SSSR count). The molecule has 23 heavy (non-hydrogen) atoms. The second-order valence-electron chi connectivity index (χ2n) is 6.17. The topological polar surface area (TPSA) is 78.0 Å². The van der Waals surface area contributed by atoms with Gasteiger partial charge in [0.05, 0.1) is 28.1 Å². The summed E-state index contributed by atoms with van der Waals surface area (Å²) in [5.41, 5.74) is 1.99. The Bertz CT molecular complexity index is 632. The van der Waals surface area contributed by atoms with Crippen LogP contribution in [-0.4, -0.2) is 38.9 Å². The highest BCUT2D eigenvalue weighted by Crippen LogP contribution is 2.27. The summed E-state index contributed by atoms with van der Waals surface area (Å²) in [5.74, 6) is 1.40. The molecule has 6 heteroatoms. The number of imidazole rings is 1. The van der Waals surface area contributed by atoms with Gasteiger partial charge in [0.25, 0.3) is 0 Å². The quantitative estimate of drug-likeness (QED) is 0.786. The number of thioether (sulfide) groups is 1. The molecule has 1 atom stereocenters. The number of rotatable bonds is 5. The Morgan fingerprint density at radius 3 is 2.87 bits per heavy atom. The number of hydrogen-bond donors (Lipinski definition) is 3. The summed E-state index contributed by atoms with van der Waals surface area (Å²) < 4.78 is 0. The fourth-order valence-electron chi connectivity index (χ4n) is 2.93. The van der Waals surface area contributed by atoms with Crippen LogP contribution in [0.25, 0.3) is 11.0 Å². The lowest BCUT2D eigenvalue weighted by Crippen LogP contribution is -2.39. The number of aliphatic hydroxyl groups is 1. The first-order valence-corrected chi connectivity index (χ1v) is 9.20.